The van der Waals surface area contributed by atoms with E-state index in [4.69, 9.17) is 0 Å². The number of hydrogen-bond acceptors (Lipinski definition) is 3. The molecule has 1 aliphatic rings. The van der Waals surface area contributed by atoms with E-state index in [-0.39, 0.29) is 5.37 Å². The summed E-state index contributed by atoms with van der Waals surface area (Å²) in [6.45, 7) is 8.31. The van der Waals surface area contributed by atoms with E-state index in [0.29, 0.717) is 11.4 Å². The van der Waals surface area contributed by atoms with E-state index in [1.54, 1.807) is 16.1 Å². The van der Waals surface area contributed by atoms with Gasteiger partial charge >= 0.3 is 0 Å². The Labute approximate surface area is 114 Å². The fraction of sp³-hybridized carbons (Fsp3) is 0.538. The maximum absolute atomic E-state index is 12.7. The van der Waals surface area contributed by atoms with Crippen molar-refractivity contribution in [1.82, 2.24) is 4.31 Å². The fourth-order valence-corrected chi connectivity index (χ4v) is 6.03. The molecule has 1 saturated heterocycles. The molecule has 0 aromatic heterocycles. The van der Waals surface area contributed by atoms with Gasteiger partial charge in [-0.1, -0.05) is 17.7 Å². The summed E-state index contributed by atoms with van der Waals surface area (Å²) in [5.74, 6) is 0.879. The minimum atomic E-state index is -3.35. The molecule has 1 atom stereocenters. The number of benzene rings is 1. The Morgan fingerprint density at radius 2 is 1.78 bits per heavy atom. The van der Waals surface area contributed by atoms with E-state index in [0.717, 1.165) is 22.4 Å². The van der Waals surface area contributed by atoms with Crippen LogP contribution in [0.15, 0.2) is 17.0 Å². The Hall–Kier alpha value is -0.520. The van der Waals surface area contributed by atoms with Gasteiger partial charge in [0, 0.05) is 12.3 Å². The molecular formula is C13H19NO2S2. The zero-order valence-corrected chi connectivity index (χ0v) is 12.9. The molecular weight excluding hydrogens is 266 g/mol. The molecule has 2 rings (SSSR count). The molecule has 0 N–H and O–H groups in total. The number of sulfonamides is 1. The zero-order valence-electron chi connectivity index (χ0n) is 11.2. The van der Waals surface area contributed by atoms with Gasteiger partial charge in [-0.15, -0.1) is 11.8 Å². The second-order valence-corrected chi connectivity index (χ2v) is 8.06. The van der Waals surface area contributed by atoms with E-state index >= 15 is 0 Å². The van der Waals surface area contributed by atoms with Crippen LogP contribution in [-0.4, -0.2) is 30.4 Å². The van der Waals surface area contributed by atoms with Crippen LogP contribution in [0.4, 0.5) is 0 Å². The molecule has 3 nitrogen and oxygen atoms in total. The van der Waals surface area contributed by atoms with Crippen molar-refractivity contribution >= 4 is 21.8 Å². The molecule has 1 heterocycles. The highest BCUT2D eigenvalue weighted by Gasteiger charge is 2.34. The van der Waals surface area contributed by atoms with Crippen LogP contribution in [0, 0.1) is 20.8 Å². The normalized spacial score (nSPS) is 21.4. The van der Waals surface area contributed by atoms with Gasteiger partial charge in [-0.25, -0.2) is 8.42 Å². The largest absolute Gasteiger partial charge is 0.244 e. The van der Waals surface area contributed by atoms with Crippen molar-refractivity contribution in [2.45, 2.75) is 38.0 Å². The van der Waals surface area contributed by atoms with Crippen LogP contribution in [0.5, 0.6) is 0 Å². The molecule has 1 aromatic carbocycles. The minimum Gasteiger partial charge on any atom is -0.207 e. The average molecular weight is 285 g/mol. The van der Waals surface area contributed by atoms with Gasteiger partial charge in [0.05, 0.1) is 10.3 Å². The molecule has 0 spiro atoms. The lowest BCUT2D eigenvalue weighted by atomic mass is 10.1. The van der Waals surface area contributed by atoms with Crippen LogP contribution in [-0.2, 0) is 10.0 Å². The van der Waals surface area contributed by atoms with Gasteiger partial charge in [-0.3, -0.25) is 0 Å². The van der Waals surface area contributed by atoms with Crippen LogP contribution < -0.4 is 0 Å². The number of nitrogens with zero attached hydrogens (tertiary/aromatic N) is 1. The Kier molecular flexibility index (Phi) is 3.76. The highest BCUT2D eigenvalue weighted by molar-refractivity contribution is 8.01. The van der Waals surface area contributed by atoms with Crippen LogP contribution in [0.1, 0.15) is 23.6 Å². The lowest BCUT2D eigenvalue weighted by molar-refractivity contribution is 0.441. The number of aryl methyl sites for hydroxylation is 3. The highest BCUT2D eigenvalue weighted by Crippen LogP contribution is 2.32. The fourth-order valence-electron chi connectivity index (χ4n) is 2.58. The Balaban J connectivity index is 2.54. The van der Waals surface area contributed by atoms with Gasteiger partial charge in [0.25, 0.3) is 0 Å². The summed E-state index contributed by atoms with van der Waals surface area (Å²) in [4.78, 5) is 0.488. The molecule has 0 bridgehead atoms. The molecule has 100 valence electrons. The molecule has 1 aromatic rings. The zero-order chi connectivity index (χ0) is 13.5. The second-order valence-electron chi connectivity index (χ2n) is 4.81. The summed E-state index contributed by atoms with van der Waals surface area (Å²) in [6.07, 6.45) is 0. The van der Waals surface area contributed by atoms with Crippen molar-refractivity contribution in [2.75, 3.05) is 12.3 Å². The van der Waals surface area contributed by atoms with Crippen LogP contribution in [0.2, 0.25) is 0 Å². The number of hydrogen-bond donors (Lipinski definition) is 0. The minimum absolute atomic E-state index is 0.0371. The second kappa shape index (κ2) is 4.87. The molecule has 0 amide bonds. The third kappa shape index (κ3) is 2.31. The van der Waals surface area contributed by atoms with Crippen molar-refractivity contribution in [3.05, 3.63) is 28.8 Å². The summed E-state index contributed by atoms with van der Waals surface area (Å²) in [7, 11) is -3.35. The Bertz CT molecular complexity index is 543. The predicted octanol–water partition coefficient (Wildman–Crippen LogP) is 2.70. The standard InChI is InChI=1S/C13H19NO2S2/c1-9-7-10(2)13(11(3)8-9)18(15,16)14-5-6-17-12(14)4/h7-8,12H,5-6H2,1-4H3/t12-/m0/s1. The molecule has 0 radical (unpaired) electrons. The first-order valence-electron chi connectivity index (χ1n) is 6.05. The SMILES string of the molecule is Cc1cc(C)c(S(=O)(=O)N2CCS[C@H]2C)c(C)c1. The quantitative estimate of drug-likeness (QED) is 0.838. The van der Waals surface area contributed by atoms with Crippen LogP contribution in [0.3, 0.4) is 0 Å². The van der Waals surface area contributed by atoms with Crippen molar-refractivity contribution in [2.24, 2.45) is 0 Å². The van der Waals surface area contributed by atoms with E-state index in [9.17, 15) is 8.42 Å². The maximum Gasteiger partial charge on any atom is 0.244 e. The Morgan fingerprint density at radius 1 is 1.22 bits per heavy atom. The first-order chi connectivity index (χ1) is 8.34. The predicted molar refractivity (Wildman–Crippen MR) is 76.5 cm³/mol. The average Bonchev–Trinajstić information content (AvgIpc) is 2.62. The molecule has 1 aliphatic heterocycles. The molecule has 0 aliphatic carbocycles. The third-order valence-electron chi connectivity index (χ3n) is 3.25. The van der Waals surface area contributed by atoms with Crippen molar-refractivity contribution in [1.29, 1.82) is 0 Å². The topological polar surface area (TPSA) is 37.4 Å². The number of thioether (sulfide) groups is 1. The molecule has 0 saturated carbocycles. The Morgan fingerprint density at radius 3 is 2.22 bits per heavy atom. The first-order valence-corrected chi connectivity index (χ1v) is 8.54. The van der Waals surface area contributed by atoms with Gasteiger partial charge in [0.1, 0.15) is 0 Å². The summed E-state index contributed by atoms with van der Waals surface area (Å²) in [5.41, 5.74) is 2.79. The molecule has 1 fully saturated rings. The summed E-state index contributed by atoms with van der Waals surface area (Å²) in [5, 5.41) is 0.0371. The molecule has 18 heavy (non-hydrogen) atoms. The highest BCUT2D eigenvalue weighted by atomic mass is 32.2. The lowest BCUT2D eigenvalue weighted by Crippen LogP contribution is -2.34. The maximum atomic E-state index is 12.7. The monoisotopic (exact) mass is 285 g/mol. The van der Waals surface area contributed by atoms with Gasteiger partial charge < -0.3 is 0 Å². The van der Waals surface area contributed by atoms with Crippen molar-refractivity contribution in [3.8, 4) is 0 Å². The van der Waals surface area contributed by atoms with E-state index < -0.39 is 10.0 Å². The van der Waals surface area contributed by atoms with Crippen LogP contribution >= 0.6 is 11.8 Å². The van der Waals surface area contributed by atoms with E-state index in [2.05, 4.69) is 0 Å². The molecule has 0 unspecified atom stereocenters. The summed E-state index contributed by atoms with van der Waals surface area (Å²) < 4.78 is 27.0. The first kappa shape index (κ1) is 13.9. The smallest absolute Gasteiger partial charge is 0.207 e. The van der Waals surface area contributed by atoms with Crippen LogP contribution in [0.25, 0.3) is 0 Å². The molecule has 5 heteroatoms. The van der Waals surface area contributed by atoms with Gasteiger partial charge in [0.15, 0.2) is 0 Å². The van der Waals surface area contributed by atoms with E-state index in [1.165, 1.54) is 0 Å². The lowest BCUT2D eigenvalue weighted by Gasteiger charge is -2.22. The van der Waals surface area contributed by atoms with Crippen molar-refractivity contribution in [3.63, 3.8) is 0 Å². The van der Waals surface area contributed by atoms with Gasteiger partial charge in [-0.2, -0.15) is 4.31 Å². The summed E-state index contributed by atoms with van der Waals surface area (Å²) in [6, 6.07) is 3.88. The van der Waals surface area contributed by atoms with E-state index in [1.807, 2.05) is 39.8 Å². The van der Waals surface area contributed by atoms with Gasteiger partial charge in [-0.05, 0) is 38.8 Å². The van der Waals surface area contributed by atoms with Crippen molar-refractivity contribution < 1.29 is 8.42 Å². The third-order valence-corrected chi connectivity index (χ3v) is 6.81. The summed E-state index contributed by atoms with van der Waals surface area (Å²) >= 11 is 1.69. The van der Waals surface area contributed by atoms with Gasteiger partial charge in [0.2, 0.25) is 10.0 Å². The number of rotatable bonds is 2.